The lowest BCUT2D eigenvalue weighted by Gasteiger charge is -2.38. The summed E-state index contributed by atoms with van der Waals surface area (Å²) in [5.41, 5.74) is 0.173. The van der Waals surface area contributed by atoms with Crippen LogP contribution in [0.1, 0.15) is 24.2 Å². The molecule has 2 aromatic carbocycles. The second-order valence-corrected chi connectivity index (χ2v) is 14.0. The van der Waals surface area contributed by atoms with Crippen molar-refractivity contribution in [1.82, 2.24) is 18.8 Å². The van der Waals surface area contributed by atoms with Crippen molar-refractivity contribution in [1.29, 1.82) is 0 Å². The zero-order valence-corrected chi connectivity index (χ0v) is 25.6. The van der Waals surface area contributed by atoms with Gasteiger partial charge in [0, 0.05) is 38.4 Å². The van der Waals surface area contributed by atoms with Crippen LogP contribution < -0.4 is 14.2 Å². The molecular weight excluding hydrogens is 586 g/mol. The summed E-state index contributed by atoms with van der Waals surface area (Å²) >= 11 is 0. The van der Waals surface area contributed by atoms with Crippen LogP contribution in [0, 0.1) is 5.92 Å². The molecule has 0 saturated heterocycles. The van der Waals surface area contributed by atoms with E-state index in [1.807, 2.05) is 6.92 Å². The smallest absolute Gasteiger partial charge is 0.280 e. The fourth-order valence-electron chi connectivity index (χ4n) is 4.52. The first-order valence-electron chi connectivity index (χ1n) is 13.1. The van der Waals surface area contributed by atoms with Gasteiger partial charge >= 0.3 is 0 Å². The SMILES string of the molecule is COc1ccc(S(=O)(=O)N(C)C[C@H]2Oc3ccc(NS(=O)(=O)c4cn(C)cn4)cc3C(=O)N([C@@H](C)CO)C[C@H]2C)cc1. The van der Waals surface area contributed by atoms with Crippen molar-refractivity contribution in [2.45, 2.75) is 35.9 Å². The van der Waals surface area contributed by atoms with E-state index < -0.39 is 38.1 Å². The number of nitrogens with zero attached hydrogens (tertiary/aromatic N) is 4. The molecule has 1 aliphatic heterocycles. The molecule has 3 atom stereocenters. The fraction of sp³-hybridized carbons (Fsp3) is 0.407. The van der Waals surface area contributed by atoms with Gasteiger partial charge < -0.3 is 24.0 Å². The van der Waals surface area contributed by atoms with E-state index in [4.69, 9.17) is 9.47 Å². The topological polar surface area (TPSA) is 160 Å². The van der Waals surface area contributed by atoms with E-state index in [2.05, 4.69) is 9.71 Å². The highest BCUT2D eigenvalue weighted by atomic mass is 32.2. The Hall–Kier alpha value is -3.66. The molecule has 2 N–H and O–H groups in total. The minimum atomic E-state index is -4.04. The highest BCUT2D eigenvalue weighted by molar-refractivity contribution is 7.92. The number of methoxy groups -OCH3 is 1. The van der Waals surface area contributed by atoms with Gasteiger partial charge in [-0.15, -0.1) is 0 Å². The number of sulfonamides is 2. The number of carbonyl (C=O) groups is 1. The van der Waals surface area contributed by atoms with Gasteiger partial charge in [0.15, 0.2) is 5.03 Å². The molecule has 0 aliphatic carbocycles. The Morgan fingerprint density at radius 2 is 1.88 bits per heavy atom. The van der Waals surface area contributed by atoms with E-state index >= 15 is 0 Å². The standard InChI is InChI=1S/C27H35N5O8S2/c1-18-13-32(19(2)16-33)27(34)23-12-20(29-41(35,36)26-15-30(3)17-28-26)6-11-24(23)40-25(18)14-31(4)42(37,38)22-9-7-21(39-5)8-10-22/h6-12,15,17-19,25,29,33H,13-14,16H2,1-5H3/t18-,19+,25-/m1/s1. The number of likely N-dealkylation sites (N-methyl/N-ethyl adjacent to an activating group) is 1. The maximum Gasteiger partial charge on any atom is 0.280 e. The number of hydrogen-bond acceptors (Lipinski definition) is 9. The molecule has 2 heterocycles. The van der Waals surface area contributed by atoms with Crippen LogP contribution in [0.4, 0.5) is 5.69 Å². The molecule has 1 aliphatic rings. The summed E-state index contributed by atoms with van der Waals surface area (Å²) in [4.78, 5) is 19.1. The molecule has 13 nitrogen and oxygen atoms in total. The van der Waals surface area contributed by atoms with Gasteiger partial charge in [0.05, 0.1) is 43.1 Å². The maximum absolute atomic E-state index is 13.7. The molecule has 0 radical (unpaired) electrons. The highest BCUT2D eigenvalue weighted by Crippen LogP contribution is 2.32. The lowest BCUT2D eigenvalue weighted by molar-refractivity contribution is 0.0387. The summed E-state index contributed by atoms with van der Waals surface area (Å²) in [6, 6.07) is 9.75. The number of nitrogens with one attached hydrogen (secondary N) is 1. The first-order chi connectivity index (χ1) is 19.8. The molecular formula is C27H35N5O8S2. The van der Waals surface area contributed by atoms with Crippen LogP contribution in [-0.4, -0.2) is 92.6 Å². The Bertz CT molecular complexity index is 1640. The molecule has 0 fully saturated rings. The molecule has 0 unspecified atom stereocenters. The van der Waals surface area contributed by atoms with E-state index in [-0.39, 0.29) is 52.5 Å². The Morgan fingerprint density at radius 1 is 1.19 bits per heavy atom. The van der Waals surface area contributed by atoms with Crippen LogP contribution in [0.2, 0.25) is 0 Å². The van der Waals surface area contributed by atoms with Crippen LogP contribution >= 0.6 is 0 Å². The Labute approximate surface area is 245 Å². The number of imidazole rings is 1. The van der Waals surface area contributed by atoms with Crippen molar-refractivity contribution < 1.29 is 36.2 Å². The Balaban J connectivity index is 1.67. The number of hydrogen-bond donors (Lipinski definition) is 2. The summed E-state index contributed by atoms with van der Waals surface area (Å²) in [5.74, 6) is -0.126. The van der Waals surface area contributed by atoms with E-state index in [1.54, 1.807) is 26.1 Å². The molecule has 15 heteroatoms. The van der Waals surface area contributed by atoms with Gasteiger partial charge in [-0.3, -0.25) is 9.52 Å². The number of anilines is 1. The Morgan fingerprint density at radius 3 is 2.48 bits per heavy atom. The summed E-state index contributed by atoms with van der Waals surface area (Å²) < 4.78 is 68.9. The number of aliphatic hydroxyl groups excluding tert-OH is 1. The number of fused-ring (bicyclic) bond motifs is 1. The third kappa shape index (κ3) is 6.53. The number of aryl methyl sites for hydroxylation is 1. The van der Waals surface area contributed by atoms with Crippen molar-refractivity contribution in [3.05, 3.63) is 60.6 Å². The van der Waals surface area contributed by atoms with E-state index in [0.717, 1.165) is 0 Å². The number of amides is 1. The molecule has 228 valence electrons. The molecule has 3 aromatic rings. The van der Waals surface area contributed by atoms with E-state index in [9.17, 15) is 26.7 Å². The average molecular weight is 622 g/mol. The first kappa shape index (κ1) is 31.3. The second-order valence-electron chi connectivity index (χ2n) is 10.3. The molecule has 0 spiro atoms. The second kappa shape index (κ2) is 12.3. The summed E-state index contributed by atoms with van der Waals surface area (Å²) in [5, 5.41) is 9.71. The predicted molar refractivity (Wildman–Crippen MR) is 154 cm³/mol. The monoisotopic (exact) mass is 621 g/mol. The zero-order valence-electron chi connectivity index (χ0n) is 24.0. The van der Waals surface area contributed by atoms with Gasteiger partial charge in [-0.2, -0.15) is 12.7 Å². The summed E-state index contributed by atoms with van der Waals surface area (Å²) in [6.45, 7) is 3.33. The minimum Gasteiger partial charge on any atom is -0.497 e. The van der Waals surface area contributed by atoms with Crippen LogP contribution in [0.25, 0.3) is 0 Å². The van der Waals surface area contributed by atoms with E-state index in [1.165, 1.54) is 70.8 Å². The quantitative estimate of drug-likeness (QED) is 0.344. The van der Waals surface area contributed by atoms with Gasteiger partial charge in [-0.05, 0) is 49.4 Å². The molecule has 0 saturated carbocycles. The van der Waals surface area contributed by atoms with Gasteiger partial charge in [0.25, 0.3) is 15.9 Å². The summed E-state index contributed by atoms with van der Waals surface area (Å²) in [6.07, 6.45) is 2.00. The summed E-state index contributed by atoms with van der Waals surface area (Å²) in [7, 11) is -3.35. The number of aliphatic hydroxyl groups is 1. The first-order valence-corrected chi connectivity index (χ1v) is 16.0. The van der Waals surface area contributed by atoms with Crippen molar-refractivity contribution in [2.75, 3.05) is 38.6 Å². The lowest BCUT2D eigenvalue weighted by atomic mass is 9.99. The van der Waals surface area contributed by atoms with Crippen molar-refractivity contribution in [3.63, 3.8) is 0 Å². The van der Waals surface area contributed by atoms with Crippen LogP contribution in [-0.2, 0) is 27.1 Å². The number of ether oxygens (including phenoxy) is 2. The molecule has 1 aromatic heterocycles. The molecule has 0 bridgehead atoms. The zero-order chi connectivity index (χ0) is 30.8. The number of rotatable bonds is 10. The van der Waals surface area contributed by atoms with Gasteiger partial charge in [0.1, 0.15) is 17.6 Å². The highest BCUT2D eigenvalue weighted by Gasteiger charge is 2.35. The largest absolute Gasteiger partial charge is 0.497 e. The van der Waals surface area contributed by atoms with Crippen molar-refractivity contribution >= 4 is 31.6 Å². The fourth-order valence-corrected chi connectivity index (χ4v) is 6.73. The number of benzene rings is 2. The predicted octanol–water partition coefficient (Wildman–Crippen LogP) is 1.77. The van der Waals surface area contributed by atoms with Crippen molar-refractivity contribution in [2.24, 2.45) is 13.0 Å². The molecule has 42 heavy (non-hydrogen) atoms. The third-order valence-corrected chi connectivity index (χ3v) is 10.2. The minimum absolute atomic E-state index is 0.0431. The normalized spacial score (nSPS) is 18.5. The van der Waals surface area contributed by atoms with Crippen LogP contribution in [0.15, 0.2) is 64.9 Å². The van der Waals surface area contributed by atoms with Crippen molar-refractivity contribution in [3.8, 4) is 11.5 Å². The van der Waals surface area contributed by atoms with Gasteiger partial charge in [-0.25, -0.2) is 13.4 Å². The Kier molecular flexibility index (Phi) is 9.15. The molecule has 4 rings (SSSR count). The average Bonchev–Trinajstić information content (AvgIpc) is 3.41. The number of aromatic nitrogens is 2. The van der Waals surface area contributed by atoms with Gasteiger partial charge in [0.2, 0.25) is 10.0 Å². The third-order valence-electron chi connectivity index (χ3n) is 7.08. The molecule has 1 amide bonds. The van der Waals surface area contributed by atoms with Crippen LogP contribution in [0.5, 0.6) is 11.5 Å². The van der Waals surface area contributed by atoms with Crippen LogP contribution in [0.3, 0.4) is 0 Å². The lowest BCUT2D eigenvalue weighted by Crippen LogP contribution is -2.50. The number of carbonyl (C=O) groups excluding carboxylic acids is 1. The maximum atomic E-state index is 13.7. The van der Waals surface area contributed by atoms with Gasteiger partial charge in [-0.1, -0.05) is 6.92 Å². The van der Waals surface area contributed by atoms with E-state index in [0.29, 0.717) is 5.75 Å².